The summed E-state index contributed by atoms with van der Waals surface area (Å²) in [4.78, 5) is 16.5. The van der Waals surface area contributed by atoms with Crippen LogP contribution in [0.15, 0.2) is 42.5 Å². The van der Waals surface area contributed by atoms with Crippen LogP contribution in [0, 0.1) is 6.92 Å². The summed E-state index contributed by atoms with van der Waals surface area (Å²) in [6.07, 6.45) is 0.912. The van der Waals surface area contributed by atoms with Crippen molar-refractivity contribution in [1.82, 2.24) is 9.36 Å². The monoisotopic (exact) mass is 413 g/mol. The van der Waals surface area contributed by atoms with Crippen LogP contribution in [0.3, 0.4) is 0 Å². The van der Waals surface area contributed by atoms with Crippen LogP contribution >= 0.6 is 11.5 Å². The predicted molar refractivity (Wildman–Crippen MR) is 113 cm³/mol. The highest BCUT2D eigenvalue weighted by molar-refractivity contribution is 7.10. The summed E-state index contributed by atoms with van der Waals surface area (Å²) in [5.41, 5.74) is 1.75. The Morgan fingerprint density at radius 3 is 2.69 bits per heavy atom. The number of anilines is 1. The van der Waals surface area contributed by atoms with Crippen molar-refractivity contribution in [3.63, 3.8) is 0 Å². The van der Waals surface area contributed by atoms with Gasteiger partial charge in [0.15, 0.2) is 23.9 Å². The number of methoxy groups -OCH3 is 1. The molecule has 29 heavy (non-hydrogen) atoms. The van der Waals surface area contributed by atoms with Gasteiger partial charge >= 0.3 is 0 Å². The fraction of sp³-hybridized carbons (Fsp3) is 0.286. The number of aromatic nitrogens is 2. The van der Waals surface area contributed by atoms with Gasteiger partial charge in [0.2, 0.25) is 5.13 Å². The second-order valence-electron chi connectivity index (χ2n) is 6.24. The first-order valence-electron chi connectivity index (χ1n) is 9.24. The summed E-state index contributed by atoms with van der Waals surface area (Å²) in [5, 5.41) is 3.12. The molecule has 0 saturated carbocycles. The van der Waals surface area contributed by atoms with E-state index >= 15 is 0 Å². The Balaban J connectivity index is 1.63. The molecule has 8 heteroatoms. The Hall–Kier alpha value is -3.13. The number of aryl methyl sites for hydroxylation is 1. The molecule has 3 rings (SSSR count). The van der Waals surface area contributed by atoms with E-state index in [1.165, 1.54) is 0 Å². The molecule has 0 aliphatic carbocycles. The molecule has 1 aromatic heterocycles. The lowest BCUT2D eigenvalue weighted by atomic mass is 10.2. The van der Waals surface area contributed by atoms with Gasteiger partial charge in [-0.15, -0.1) is 0 Å². The normalized spacial score (nSPS) is 10.4. The molecule has 152 valence electrons. The fourth-order valence-corrected chi connectivity index (χ4v) is 3.15. The molecule has 0 aliphatic rings. The number of benzene rings is 2. The molecule has 3 aromatic rings. The summed E-state index contributed by atoms with van der Waals surface area (Å²) in [7, 11) is 1.59. The van der Waals surface area contributed by atoms with Crippen molar-refractivity contribution in [2.45, 2.75) is 20.3 Å². The average molecular weight is 413 g/mol. The van der Waals surface area contributed by atoms with Gasteiger partial charge in [0.05, 0.1) is 13.7 Å². The van der Waals surface area contributed by atoms with Crippen molar-refractivity contribution < 1.29 is 19.0 Å². The molecule has 0 atom stereocenters. The van der Waals surface area contributed by atoms with Gasteiger partial charge in [-0.3, -0.25) is 10.1 Å². The zero-order valence-corrected chi connectivity index (χ0v) is 17.4. The Labute approximate surface area is 173 Å². The number of nitrogens with one attached hydrogen (secondary N) is 1. The van der Waals surface area contributed by atoms with Gasteiger partial charge in [0, 0.05) is 17.1 Å². The first-order chi connectivity index (χ1) is 14.1. The molecule has 0 unspecified atom stereocenters. The van der Waals surface area contributed by atoms with Crippen LogP contribution < -0.4 is 19.5 Å². The highest BCUT2D eigenvalue weighted by atomic mass is 32.1. The van der Waals surface area contributed by atoms with Crippen molar-refractivity contribution in [2.24, 2.45) is 0 Å². The van der Waals surface area contributed by atoms with Crippen LogP contribution in [-0.4, -0.2) is 35.6 Å². The van der Waals surface area contributed by atoms with Crippen molar-refractivity contribution in [1.29, 1.82) is 0 Å². The molecule has 0 fully saturated rings. The van der Waals surface area contributed by atoms with Gasteiger partial charge in [-0.05, 0) is 43.2 Å². The maximum Gasteiger partial charge on any atom is 0.264 e. The largest absolute Gasteiger partial charge is 0.493 e. The standard InChI is InChI=1S/C21H23N3O4S/c1-4-11-27-17-10-9-15(12-18(17)26-3)20-23-21(29-24-20)22-19(25)13-28-16-8-6-5-7-14(16)2/h5-10,12H,4,11,13H2,1-3H3,(H,22,23,24,25). The Bertz CT molecular complexity index is 974. The number of para-hydroxylation sites is 1. The number of rotatable bonds is 9. The van der Waals surface area contributed by atoms with Crippen molar-refractivity contribution in [3.05, 3.63) is 48.0 Å². The van der Waals surface area contributed by atoms with E-state index in [4.69, 9.17) is 14.2 Å². The van der Waals surface area contributed by atoms with Gasteiger partial charge in [-0.25, -0.2) is 0 Å². The molecule has 0 radical (unpaired) electrons. The summed E-state index contributed by atoms with van der Waals surface area (Å²) in [6, 6.07) is 13.1. The number of hydrogen-bond donors (Lipinski definition) is 1. The smallest absolute Gasteiger partial charge is 0.264 e. The van der Waals surface area contributed by atoms with Gasteiger partial charge < -0.3 is 14.2 Å². The third kappa shape index (κ3) is 5.45. The fourth-order valence-electron chi connectivity index (χ4n) is 2.55. The topological polar surface area (TPSA) is 82.6 Å². The zero-order chi connectivity index (χ0) is 20.6. The number of carbonyl (C=O) groups is 1. The summed E-state index contributed by atoms with van der Waals surface area (Å²) < 4.78 is 20.9. The molecule has 1 N–H and O–H groups in total. The van der Waals surface area contributed by atoms with Gasteiger partial charge in [-0.1, -0.05) is 25.1 Å². The van der Waals surface area contributed by atoms with Crippen LogP contribution in [0.25, 0.3) is 11.4 Å². The zero-order valence-electron chi connectivity index (χ0n) is 16.6. The summed E-state index contributed by atoms with van der Waals surface area (Å²) in [6.45, 7) is 4.49. The van der Waals surface area contributed by atoms with E-state index in [1.54, 1.807) is 7.11 Å². The van der Waals surface area contributed by atoms with E-state index in [0.29, 0.717) is 34.8 Å². The molecular weight excluding hydrogens is 390 g/mol. The van der Waals surface area contributed by atoms with Crippen LogP contribution in [0.4, 0.5) is 5.13 Å². The van der Waals surface area contributed by atoms with Crippen molar-refractivity contribution >= 4 is 22.6 Å². The van der Waals surface area contributed by atoms with E-state index in [0.717, 1.165) is 29.1 Å². The third-order valence-electron chi connectivity index (χ3n) is 4.01. The lowest BCUT2D eigenvalue weighted by Gasteiger charge is -2.10. The molecule has 7 nitrogen and oxygen atoms in total. The molecule has 1 heterocycles. The first-order valence-corrected chi connectivity index (χ1v) is 10.0. The van der Waals surface area contributed by atoms with E-state index in [9.17, 15) is 4.79 Å². The summed E-state index contributed by atoms with van der Waals surface area (Å²) >= 11 is 1.11. The molecule has 0 bridgehead atoms. The molecular formula is C21H23N3O4S. The maximum absolute atomic E-state index is 12.2. The molecule has 0 saturated heterocycles. The van der Waals surface area contributed by atoms with Gasteiger partial charge in [-0.2, -0.15) is 9.36 Å². The quantitative estimate of drug-likeness (QED) is 0.562. The second kappa shape index (κ2) is 9.88. The number of ether oxygens (including phenoxy) is 3. The molecule has 0 spiro atoms. The minimum Gasteiger partial charge on any atom is -0.493 e. The van der Waals surface area contributed by atoms with Crippen LogP contribution in [0.1, 0.15) is 18.9 Å². The summed E-state index contributed by atoms with van der Waals surface area (Å²) in [5.74, 6) is 2.18. The number of nitrogens with zero attached hydrogens (tertiary/aromatic N) is 2. The molecule has 0 aliphatic heterocycles. The second-order valence-corrected chi connectivity index (χ2v) is 6.99. The lowest BCUT2D eigenvalue weighted by molar-refractivity contribution is -0.118. The minimum absolute atomic E-state index is 0.100. The number of hydrogen-bond acceptors (Lipinski definition) is 7. The number of amides is 1. The van der Waals surface area contributed by atoms with E-state index in [-0.39, 0.29) is 12.5 Å². The first kappa shape index (κ1) is 20.6. The molecule has 1 amide bonds. The van der Waals surface area contributed by atoms with E-state index < -0.39 is 0 Å². The lowest BCUT2D eigenvalue weighted by Crippen LogP contribution is -2.20. The Kier molecular flexibility index (Phi) is 7.02. The average Bonchev–Trinajstić information content (AvgIpc) is 3.20. The highest BCUT2D eigenvalue weighted by Crippen LogP contribution is 2.32. The SMILES string of the molecule is CCCOc1ccc(-c2nsc(NC(=O)COc3ccccc3C)n2)cc1OC. The maximum atomic E-state index is 12.2. The van der Waals surface area contributed by atoms with Crippen LogP contribution in [-0.2, 0) is 4.79 Å². The van der Waals surface area contributed by atoms with Crippen LogP contribution in [0.5, 0.6) is 17.2 Å². The third-order valence-corrected chi connectivity index (χ3v) is 4.64. The van der Waals surface area contributed by atoms with Gasteiger partial charge in [0.25, 0.3) is 5.91 Å². The van der Waals surface area contributed by atoms with Crippen molar-refractivity contribution in [3.8, 4) is 28.6 Å². The van der Waals surface area contributed by atoms with Gasteiger partial charge in [0.1, 0.15) is 5.75 Å². The van der Waals surface area contributed by atoms with E-state index in [1.807, 2.05) is 56.3 Å². The number of carbonyl (C=O) groups excluding carboxylic acids is 1. The predicted octanol–water partition coefficient (Wildman–Crippen LogP) is 4.33. The minimum atomic E-state index is -0.295. The Morgan fingerprint density at radius 1 is 1.10 bits per heavy atom. The molecule has 2 aromatic carbocycles. The van der Waals surface area contributed by atoms with Crippen molar-refractivity contribution in [2.75, 3.05) is 25.6 Å². The Morgan fingerprint density at radius 2 is 1.93 bits per heavy atom. The van der Waals surface area contributed by atoms with Crippen LogP contribution in [0.2, 0.25) is 0 Å². The van der Waals surface area contributed by atoms with E-state index in [2.05, 4.69) is 14.7 Å². The highest BCUT2D eigenvalue weighted by Gasteiger charge is 2.13.